The van der Waals surface area contributed by atoms with Gasteiger partial charge >= 0.3 is 0 Å². The van der Waals surface area contributed by atoms with Crippen LogP contribution in [-0.4, -0.2) is 0 Å². The van der Waals surface area contributed by atoms with Crippen molar-refractivity contribution in [3.63, 3.8) is 0 Å². The van der Waals surface area contributed by atoms with Crippen LogP contribution in [0.1, 0.15) is 11.1 Å². The summed E-state index contributed by atoms with van der Waals surface area (Å²) < 4.78 is 48.6. The Labute approximate surface area is 129 Å². The van der Waals surface area contributed by atoms with Crippen LogP contribution in [0.25, 0.3) is 0 Å². The van der Waals surface area contributed by atoms with Crippen LogP contribution >= 0.6 is 69.6 Å². The molecule has 0 saturated heterocycles. The lowest BCUT2D eigenvalue weighted by Gasteiger charge is -2.19. The lowest BCUT2D eigenvalue weighted by atomic mass is 10.1. The molecule has 0 amide bonds. The number of halogens is 10. The summed E-state index contributed by atoms with van der Waals surface area (Å²) in [5, 5.41) is 0. The van der Waals surface area contributed by atoms with Gasteiger partial charge in [0.2, 0.25) is 7.59 Å². The Bertz CT molecular complexity index is 416. The third kappa shape index (κ3) is 3.05. The first-order valence-electron chi connectivity index (χ1n) is 3.89. The summed E-state index contributed by atoms with van der Waals surface area (Å²) in [6.07, 6.45) is 0. The first-order chi connectivity index (χ1) is 7.89. The van der Waals surface area contributed by atoms with Gasteiger partial charge in [0, 0.05) is 0 Å². The molecule has 0 fully saturated rings. The molecule has 0 radical (unpaired) electrons. The van der Waals surface area contributed by atoms with Gasteiger partial charge in [0.25, 0.3) is 0 Å². The van der Waals surface area contributed by atoms with Crippen LogP contribution in [0.4, 0.5) is 17.6 Å². The van der Waals surface area contributed by atoms with E-state index in [2.05, 4.69) is 0 Å². The van der Waals surface area contributed by atoms with Gasteiger partial charge in [-0.05, 0) is 0 Å². The van der Waals surface area contributed by atoms with E-state index in [9.17, 15) is 17.6 Å². The van der Waals surface area contributed by atoms with Crippen LogP contribution in [0.15, 0.2) is 0 Å². The first-order valence-corrected chi connectivity index (χ1v) is 6.16. The SMILES string of the molecule is Fc1c(F)c(C(Cl)(Cl)Cl)c(F)c(F)c1C(Cl)(Cl)Cl. The van der Waals surface area contributed by atoms with Gasteiger partial charge in [0.05, 0.1) is 11.1 Å². The van der Waals surface area contributed by atoms with E-state index >= 15 is 0 Å². The molecule has 1 rings (SSSR count). The molecule has 0 unspecified atom stereocenters. The van der Waals surface area contributed by atoms with Crippen LogP contribution in [0.5, 0.6) is 0 Å². The zero-order valence-electron chi connectivity index (χ0n) is 7.78. The molecule has 0 atom stereocenters. The van der Waals surface area contributed by atoms with E-state index in [0.29, 0.717) is 0 Å². The molecule has 1 aromatic rings. The highest BCUT2D eigenvalue weighted by molar-refractivity contribution is 6.67. The van der Waals surface area contributed by atoms with Crippen LogP contribution in [0.2, 0.25) is 0 Å². The third-order valence-electron chi connectivity index (χ3n) is 1.83. The maximum absolute atomic E-state index is 13.5. The lowest BCUT2D eigenvalue weighted by Crippen LogP contribution is -2.18. The average Bonchev–Trinajstić information content (AvgIpc) is 2.10. The highest BCUT2D eigenvalue weighted by Crippen LogP contribution is 2.47. The molecule has 0 aromatic heterocycles. The fraction of sp³-hybridized carbons (Fsp3) is 0.250. The Kier molecular flexibility index (Phi) is 4.86. The van der Waals surface area contributed by atoms with Crippen LogP contribution in [-0.2, 0) is 7.59 Å². The molecule has 0 nitrogen and oxygen atoms in total. The molecule has 0 heterocycles. The molecular formula is C8Cl6F4. The Hall–Kier alpha value is 0.680. The van der Waals surface area contributed by atoms with Crippen molar-refractivity contribution < 1.29 is 17.6 Å². The highest BCUT2D eigenvalue weighted by Gasteiger charge is 2.41. The molecule has 0 N–H and O–H groups in total. The maximum Gasteiger partial charge on any atom is 0.221 e. The molecule has 102 valence electrons. The topological polar surface area (TPSA) is 0 Å². The molecule has 1 aromatic carbocycles. The summed E-state index contributed by atoms with van der Waals surface area (Å²) in [4.78, 5) is 0. The van der Waals surface area contributed by atoms with E-state index in [4.69, 9.17) is 69.6 Å². The molecule has 18 heavy (non-hydrogen) atoms. The van der Waals surface area contributed by atoms with Crippen molar-refractivity contribution in [2.75, 3.05) is 0 Å². The predicted molar refractivity (Wildman–Crippen MR) is 64.7 cm³/mol. The molecule has 0 aliphatic rings. The van der Waals surface area contributed by atoms with Gasteiger partial charge in [-0.1, -0.05) is 69.6 Å². The van der Waals surface area contributed by atoms with Crippen molar-refractivity contribution >= 4 is 69.6 Å². The molecule has 0 bridgehead atoms. The third-order valence-corrected chi connectivity index (χ3v) is 2.96. The molecule has 0 saturated carbocycles. The average molecular weight is 385 g/mol. The van der Waals surface area contributed by atoms with Gasteiger partial charge in [0.1, 0.15) is 0 Å². The van der Waals surface area contributed by atoms with Crippen molar-refractivity contribution in [3.8, 4) is 0 Å². The Morgan fingerprint density at radius 3 is 0.778 bits per heavy atom. The fourth-order valence-electron chi connectivity index (χ4n) is 1.13. The van der Waals surface area contributed by atoms with Crippen molar-refractivity contribution in [1.82, 2.24) is 0 Å². The summed E-state index contributed by atoms with van der Waals surface area (Å²) in [6.45, 7) is 0. The van der Waals surface area contributed by atoms with E-state index in [1.807, 2.05) is 0 Å². The van der Waals surface area contributed by atoms with E-state index in [-0.39, 0.29) is 0 Å². The van der Waals surface area contributed by atoms with Crippen molar-refractivity contribution in [2.45, 2.75) is 7.59 Å². The standard InChI is InChI=1S/C8Cl6F4/c9-7(10,11)1-3(15)5(17)2(8(12,13)14)6(18)4(1)16. The zero-order chi connectivity index (χ0) is 14.5. The normalized spacial score (nSPS) is 13.0. The molecule has 0 spiro atoms. The van der Waals surface area contributed by atoms with Gasteiger partial charge in [-0.3, -0.25) is 0 Å². The quantitative estimate of drug-likeness (QED) is 0.297. The van der Waals surface area contributed by atoms with E-state index < -0.39 is 42.0 Å². The zero-order valence-corrected chi connectivity index (χ0v) is 12.3. The fourth-order valence-corrected chi connectivity index (χ4v) is 2.12. The monoisotopic (exact) mass is 382 g/mol. The largest absolute Gasteiger partial charge is 0.221 e. The van der Waals surface area contributed by atoms with Crippen LogP contribution < -0.4 is 0 Å². The van der Waals surface area contributed by atoms with Gasteiger partial charge in [0.15, 0.2) is 23.3 Å². The van der Waals surface area contributed by atoms with Crippen molar-refractivity contribution in [3.05, 3.63) is 34.4 Å². The minimum absolute atomic E-state index is 1.43. The van der Waals surface area contributed by atoms with Gasteiger partial charge < -0.3 is 0 Å². The Morgan fingerprint density at radius 1 is 0.500 bits per heavy atom. The summed E-state index contributed by atoms with van der Waals surface area (Å²) in [6, 6.07) is 0. The number of rotatable bonds is 0. The summed E-state index contributed by atoms with van der Waals surface area (Å²) in [5.41, 5.74) is -2.86. The maximum atomic E-state index is 13.5. The number of alkyl halides is 6. The summed E-state index contributed by atoms with van der Waals surface area (Å²) in [5.74, 6) is -7.80. The van der Waals surface area contributed by atoms with Gasteiger partial charge in [-0.15, -0.1) is 0 Å². The van der Waals surface area contributed by atoms with Gasteiger partial charge in [-0.25, -0.2) is 17.6 Å². The van der Waals surface area contributed by atoms with E-state index in [1.165, 1.54) is 0 Å². The van der Waals surface area contributed by atoms with Crippen molar-refractivity contribution in [2.24, 2.45) is 0 Å². The van der Waals surface area contributed by atoms with Gasteiger partial charge in [-0.2, -0.15) is 0 Å². The Morgan fingerprint density at radius 2 is 0.667 bits per heavy atom. The van der Waals surface area contributed by atoms with Crippen LogP contribution in [0.3, 0.4) is 0 Å². The summed E-state index contributed by atoms with van der Waals surface area (Å²) >= 11 is 31.2. The number of hydrogen-bond acceptors (Lipinski definition) is 0. The second kappa shape index (κ2) is 5.23. The summed E-state index contributed by atoms with van der Waals surface area (Å²) in [7, 11) is 0. The van der Waals surface area contributed by atoms with Crippen LogP contribution in [0, 0.1) is 23.3 Å². The van der Waals surface area contributed by atoms with E-state index in [1.54, 1.807) is 0 Å². The molecule has 0 aliphatic carbocycles. The number of hydrogen-bond donors (Lipinski definition) is 0. The second-order valence-corrected chi connectivity index (χ2v) is 7.56. The minimum Gasteiger partial charge on any atom is -0.203 e. The lowest BCUT2D eigenvalue weighted by molar-refractivity contribution is 0.428. The first kappa shape index (κ1) is 16.7. The highest BCUT2D eigenvalue weighted by atomic mass is 35.6. The minimum atomic E-state index is -2.72. The molecule has 0 aliphatic heterocycles. The second-order valence-electron chi connectivity index (χ2n) is 3.00. The Balaban J connectivity index is 3.79. The molecular weight excluding hydrogens is 385 g/mol. The van der Waals surface area contributed by atoms with E-state index in [0.717, 1.165) is 0 Å². The molecule has 10 heteroatoms. The number of benzene rings is 1. The smallest absolute Gasteiger partial charge is 0.203 e. The van der Waals surface area contributed by atoms with Crippen molar-refractivity contribution in [1.29, 1.82) is 0 Å². The predicted octanol–water partition coefficient (Wildman–Crippen LogP) is 5.90.